The summed E-state index contributed by atoms with van der Waals surface area (Å²) < 4.78 is 21.4. The number of piperazine rings is 1. The maximum atomic E-state index is 13.2. The van der Waals surface area contributed by atoms with E-state index in [9.17, 15) is 14.0 Å². The Morgan fingerprint density at radius 2 is 1.69 bits per heavy atom. The van der Waals surface area contributed by atoms with Crippen LogP contribution in [0, 0.1) is 5.82 Å². The lowest BCUT2D eigenvalue weighted by Gasteiger charge is -2.36. The Bertz CT molecular complexity index is 1390. The highest BCUT2D eigenvalue weighted by atomic mass is 19.1. The molecule has 180 valence electrons. The topological polar surface area (TPSA) is 85.5 Å². The highest BCUT2D eigenvalue weighted by Crippen LogP contribution is 2.21. The lowest BCUT2D eigenvalue weighted by molar-refractivity contribution is -0.131. The molecule has 10 heteroatoms. The van der Waals surface area contributed by atoms with Crippen LogP contribution in [0.5, 0.6) is 5.75 Å². The van der Waals surface area contributed by atoms with Gasteiger partial charge in [0.05, 0.1) is 25.3 Å². The van der Waals surface area contributed by atoms with E-state index in [1.165, 1.54) is 33.9 Å². The van der Waals surface area contributed by atoms with Crippen molar-refractivity contribution in [3.63, 3.8) is 0 Å². The monoisotopic (exact) mass is 476 g/mol. The normalized spacial score (nSPS) is 13.9. The fourth-order valence-corrected chi connectivity index (χ4v) is 4.26. The predicted molar refractivity (Wildman–Crippen MR) is 129 cm³/mol. The molecule has 4 aromatic rings. The molecule has 3 heterocycles. The van der Waals surface area contributed by atoms with E-state index < -0.39 is 0 Å². The summed E-state index contributed by atoms with van der Waals surface area (Å²) in [6.07, 6.45) is 3.09. The van der Waals surface area contributed by atoms with Gasteiger partial charge in [0.25, 0.3) is 5.56 Å². The van der Waals surface area contributed by atoms with E-state index in [0.29, 0.717) is 29.8 Å². The van der Waals surface area contributed by atoms with Gasteiger partial charge in [-0.3, -0.25) is 14.2 Å². The molecule has 0 N–H and O–H groups in total. The second kappa shape index (κ2) is 9.57. The van der Waals surface area contributed by atoms with Crippen LogP contribution in [-0.2, 0) is 11.3 Å². The Hall–Kier alpha value is -4.21. The number of hydrogen-bond donors (Lipinski definition) is 0. The molecule has 0 spiro atoms. The number of hydrogen-bond acceptors (Lipinski definition) is 6. The average Bonchev–Trinajstić information content (AvgIpc) is 3.34. The molecule has 0 unspecified atom stereocenters. The molecule has 1 aliphatic rings. The van der Waals surface area contributed by atoms with Crippen LogP contribution >= 0.6 is 0 Å². The summed E-state index contributed by atoms with van der Waals surface area (Å²) in [5.74, 6) is 0.467. The first kappa shape index (κ1) is 22.6. The maximum absolute atomic E-state index is 13.2. The van der Waals surface area contributed by atoms with Crippen molar-refractivity contribution >= 4 is 22.6 Å². The van der Waals surface area contributed by atoms with Crippen LogP contribution in [0.25, 0.3) is 16.7 Å². The van der Waals surface area contributed by atoms with Crippen molar-refractivity contribution in [1.29, 1.82) is 0 Å². The zero-order chi connectivity index (χ0) is 24.4. The van der Waals surface area contributed by atoms with Crippen LogP contribution in [0.1, 0.15) is 6.42 Å². The summed E-state index contributed by atoms with van der Waals surface area (Å²) in [6, 6.07) is 13.7. The fourth-order valence-electron chi connectivity index (χ4n) is 4.26. The zero-order valence-electron chi connectivity index (χ0n) is 19.3. The van der Waals surface area contributed by atoms with Crippen LogP contribution in [-0.4, -0.2) is 63.4 Å². The molecule has 0 aliphatic carbocycles. The Morgan fingerprint density at radius 3 is 2.37 bits per heavy atom. The van der Waals surface area contributed by atoms with Gasteiger partial charge in [0, 0.05) is 44.8 Å². The molecule has 1 saturated heterocycles. The molecule has 1 amide bonds. The minimum atomic E-state index is -0.354. The van der Waals surface area contributed by atoms with Crippen molar-refractivity contribution in [3.05, 3.63) is 77.2 Å². The maximum Gasteiger partial charge on any atom is 0.264 e. The number of nitrogens with zero attached hydrogens (tertiary/aromatic N) is 6. The summed E-state index contributed by atoms with van der Waals surface area (Å²) in [4.78, 5) is 34.2. The molecular formula is C25H25FN6O3. The minimum Gasteiger partial charge on any atom is -0.497 e. The van der Waals surface area contributed by atoms with Gasteiger partial charge in [-0.2, -0.15) is 5.10 Å². The van der Waals surface area contributed by atoms with Crippen LogP contribution in [0.2, 0.25) is 0 Å². The quantitative estimate of drug-likeness (QED) is 0.425. The third-order valence-corrected chi connectivity index (χ3v) is 6.26. The molecule has 0 bridgehead atoms. The Labute approximate surface area is 201 Å². The van der Waals surface area contributed by atoms with Crippen LogP contribution in [0.3, 0.4) is 0 Å². The SMILES string of the molecule is COc1ccc(N2CCN(C(=O)CCn3cnc4c(cnn4-c4ccc(F)cc4)c3=O)CC2)cc1. The lowest BCUT2D eigenvalue weighted by Crippen LogP contribution is -2.49. The number of amides is 1. The predicted octanol–water partition coefficient (Wildman–Crippen LogP) is 2.47. The van der Waals surface area contributed by atoms with Gasteiger partial charge in [0.1, 0.15) is 17.0 Å². The molecule has 5 rings (SSSR count). The molecule has 2 aromatic heterocycles. The third-order valence-electron chi connectivity index (χ3n) is 6.26. The van der Waals surface area contributed by atoms with Crippen molar-refractivity contribution in [2.45, 2.75) is 13.0 Å². The van der Waals surface area contributed by atoms with E-state index >= 15 is 0 Å². The Morgan fingerprint density at radius 1 is 1.00 bits per heavy atom. The number of rotatable bonds is 6. The number of halogens is 1. The molecule has 9 nitrogen and oxygen atoms in total. The smallest absolute Gasteiger partial charge is 0.264 e. The van der Waals surface area contributed by atoms with Gasteiger partial charge in [0.2, 0.25) is 5.91 Å². The first-order valence-electron chi connectivity index (χ1n) is 11.4. The summed E-state index contributed by atoms with van der Waals surface area (Å²) >= 11 is 0. The number of carbonyl (C=O) groups excluding carboxylic acids is 1. The first-order chi connectivity index (χ1) is 17.0. The Kier molecular flexibility index (Phi) is 6.17. The lowest BCUT2D eigenvalue weighted by atomic mass is 10.2. The number of carbonyl (C=O) groups is 1. The number of ether oxygens (including phenoxy) is 1. The minimum absolute atomic E-state index is 0.00776. The summed E-state index contributed by atoms with van der Waals surface area (Å²) in [6.45, 7) is 2.98. The van der Waals surface area contributed by atoms with Crippen LogP contribution in [0.4, 0.5) is 10.1 Å². The molecule has 0 saturated carbocycles. The van der Waals surface area contributed by atoms with Crippen molar-refractivity contribution in [2.75, 3.05) is 38.2 Å². The number of aromatic nitrogens is 4. The molecule has 1 aliphatic heterocycles. The van der Waals surface area contributed by atoms with Gasteiger partial charge in [0.15, 0.2) is 5.65 Å². The van der Waals surface area contributed by atoms with Gasteiger partial charge < -0.3 is 14.5 Å². The first-order valence-corrected chi connectivity index (χ1v) is 11.4. The van der Waals surface area contributed by atoms with Gasteiger partial charge in [-0.25, -0.2) is 14.1 Å². The third kappa shape index (κ3) is 4.59. The number of methoxy groups -OCH3 is 1. The summed E-state index contributed by atoms with van der Waals surface area (Å²) in [7, 11) is 1.64. The molecule has 2 aromatic carbocycles. The average molecular weight is 477 g/mol. The van der Waals surface area contributed by atoms with E-state index in [0.717, 1.165) is 24.5 Å². The van der Waals surface area contributed by atoms with E-state index in [1.807, 2.05) is 29.2 Å². The summed E-state index contributed by atoms with van der Waals surface area (Å²) in [5.41, 5.74) is 1.83. The van der Waals surface area contributed by atoms with Crippen molar-refractivity contribution < 1.29 is 13.9 Å². The number of benzene rings is 2. The van der Waals surface area contributed by atoms with Crippen LogP contribution in [0.15, 0.2) is 65.8 Å². The highest BCUT2D eigenvalue weighted by Gasteiger charge is 2.21. The standard InChI is InChI=1S/C25H25FN6O3/c1-35-21-8-6-19(7-9-21)29-12-14-30(15-13-29)23(33)10-11-31-17-27-24-22(25(31)34)16-28-32(24)20-4-2-18(26)3-5-20/h2-9,16-17H,10-15H2,1H3. The Balaban J connectivity index is 1.21. The number of aryl methyl sites for hydroxylation is 1. The van der Waals surface area contributed by atoms with Crippen molar-refractivity contribution in [1.82, 2.24) is 24.2 Å². The molecule has 0 atom stereocenters. The molecule has 0 radical (unpaired) electrons. The van der Waals surface area contributed by atoms with Crippen molar-refractivity contribution in [2.24, 2.45) is 0 Å². The van der Waals surface area contributed by atoms with E-state index in [2.05, 4.69) is 15.0 Å². The van der Waals surface area contributed by atoms with Gasteiger partial charge in [-0.05, 0) is 48.5 Å². The van der Waals surface area contributed by atoms with Crippen LogP contribution < -0.4 is 15.2 Å². The zero-order valence-corrected chi connectivity index (χ0v) is 19.3. The second-order valence-corrected chi connectivity index (χ2v) is 8.33. The largest absolute Gasteiger partial charge is 0.497 e. The molecule has 1 fully saturated rings. The van der Waals surface area contributed by atoms with Gasteiger partial charge >= 0.3 is 0 Å². The molecular weight excluding hydrogens is 451 g/mol. The van der Waals surface area contributed by atoms with E-state index in [4.69, 9.17) is 4.74 Å². The number of fused-ring (bicyclic) bond motifs is 1. The fraction of sp³-hybridized carbons (Fsp3) is 0.280. The van der Waals surface area contributed by atoms with E-state index in [-0.39, 0.29) is 30.2 Å². The number of anilines is 1. The summed E-state index contributed by atoms with van der Waals surface area (Å²) in [5, 5.41) is 4.58. The highest BCUT2D eigenvalue weighted by molar-refractivity contribution is 5.77. The second-order valence-electron chi connectivity index (χ2n) is 8.33. The van der Waals surface area contributed by atoms with E-state index in [1.54, 1.807) is 19.2 Å². The van der Waals surface area contributed by atoms with Crippen molar-refractivity contribution in [3.8, 4) is 11.4 Å². The van der Waals surface area contributed by atoms with Gasteiger partial charge in [-0.1, -0.05) is 0 Å². The molecule has 35 heavy (non-hydrogen) atoms. The van der Waals surface area contributed by atoms with Gasteiger partial charge in [-0.15, -0.1) is 0 Å².